The van der Waals surface area contributed by atoms with Crippen molar-refractivity contribution in [1.29, 1.82) is 0 Å². The Morgan fingerprint density at radius 2 is 2.12 bits per heavy atom. The molecule has 0 radical (unpaired) electrons. The summed E-state index contributed by atoms with van der Waals surface area (Å²) in [5.74, 6) is 0. The molecule has 0 amide bonds. The van der Waals surface area contributed by atoms with E-state index in [2.05, 4.69) is 10.3 Å². The summed E-state index contributed by atoms with van der Waals surface area (Å²) >= 11 is 1.29. The normalized spacial score (nSPS) is 12.4. The first-order valence-electron chi connectivity index (χ1n) is 5.10. The molecule has 0 aliphatic rings. The van der Waals surface area contributed by atoms with Crippen LogP contribution in [0.3, 0.4) is 0 Å². The molecule has 6 heteroatoms. The molecule has 0 fully saturated rings. The van der Waals surface area contributed by atoms with Gasteiger partial charge < -0.3 is 5.32 Å². The predicted molar refractivity (Wildman–Crippen MR) is 58.5 cm³/mol. The lowest BCUT2D eigenvalue weighted by Gasteiger charge is -2.05. The lowest BCUT2D eigenvalue weighted by Crippen LogP contribution is -2.21. The van der Waals surface area contributed by atoms with Crippen LogP contribution in [0.15, 0.2) is 5.38 Å². The monoisotopic (exact) mass is 252 g/mol. The zero-order chi connectivity index (χ0) is 12.2. The number of thiazole rings is 1. The Kier molecular flexibility index (Phi) is 4.73. The Labute approximate surface area is 96.9 Å². The lowest BCUT2D eigenvalue weighted by molar-refractivity contribution is -0.134. The van der Waals surface area contributed by atoms with Crippen molar-refractivity contribution in [2.75, 3.05) is 0 Å². The van der Waals surface area contributed by atoms with Crippen molar-refractivity contribution in [2.24, 2.45) is 0 Å². The third kappa shape index (κ3) is 5.46. The molecule has 0 aliphatic heterocycles. The number of nitrogens with one attached hydrogen (secondary N) is 1. The molecule has 1 heterocycles. The lowest BCUT2D eigenvalue weighted by atomic mass is 10.3. The highest BCUT2D eigenvalue weighted by molar-refractivity contribution is 7.09. The number of nitrogens with zero attached hydrogens (tertiary/aromatic N) is 1. The van der Waals surface area contributed by atoms with Gasteiger partial charge in [0.25, 0.3) is 0 Å². The summed E-state index contributed by atoms with van der Waals surface area (Å²) in [7, 11) is 0. The molecule has 0 aliphatic carbocycles. The molecule has 0 aromatic carbocycles. The van der Waals surface area contributed by atoms with E-state index in [1.807, 2.05) is 13.8 Å². The van der Waals surface area contributed by atoms with Gasteiger partial charge in [0.05, 0.1) is 10.7 Å². The van der Waals surface area contributed by atoms with Gasteiger partial charge in [0.2, 0.25) is 0 Å². The van der Waals surface area contributed by atoms with Gasteiger partial charge in [-0.05, 0) is 0 Å². The van der Waals surface area contributed by atoms with E-state index in [0.29, 0.717) is 17.6 Å². The predicted octanol–water partition coefficient (Wildman–Crippen LogP) is 3.14. The van der Waals surface area contributed by atoms with Gasteiger partial charge in [-0.2, -0.15) is 13.2 Å². The highest BCUT2D eigenvalue weighted by atomic mass is 32.1. The van der Waals surface area contributed by atoms with Crippen molar-refractivity contribution in [3.63, 3.8) is 0 Å². The van der Waals surface area contributed by atoms with Gasteiger partial charge >= 0.3 is 6.18 Å². The van der Waals surface area contributed by atoms with E-state index in [4.69, 9.17) is 0 Å². The van der Waals surface area contributed by atoms with Crippen LogP contribution in [0.2, 0.25) is 0 Å². The third-order valence-corrected chi connectivity index (χ3v) is 2.87. The fraction of sp³-hybridized carbons (Fsp3) is 0.700. The van der Waals surface area contributed by atoms with E-state index in [0.717, 1.165) is 5.69 Å². The average Bonchev–Trinajstić information content (AvgIpc) is 2.58. The van der Waals surface area contributed by atoms with E-state index >= 15 is 0 Å². The van der Waals surface area contributed by atoms with Crippen LogP contribution >= 0.6 is 11.3 Å². The average molecular weight is 252 g/mol. The summed E-state index contributed by atoms with van der Waals surface area (Å²) in [6.45, 7) is 4.63. The Bertz CT molecular complexity index is 320. The second-order valence-electron chi connectivity index (χ2n) is 3.88. The molecule has 1 aromatic heterocycles. The molecule has 2 nitrogen and oxygen atoms in total. The molecule has 16 heavy (non-hydrogen) atoms. The molecule has 1 N–H and O–H groups in total. The van der Waals surface area contributed by atoms with Crippen LogP contribution in [0.25, 0.3) is 0 Å². The first-order valence-corrected chi connectivity index (χ1v) is 5.98. The largest absolute Gasteiger partial charge is 0.389 e. The SMILES string of the molecule is CC(C)NCc1csc(CCC(F)(F)F)n1. The zero-order valence-electron chi connectivity index (χ0n) is 9.27. The summed E-state index contributed by atoms with van der Waals surface area (Å²) in [6.07, 6.45) is -4.91. The van der Waals surface area contributed by atoms with E-state index in [9.17, 15) is 13.2 Å². The maximum absolute atomic E-state index is 12.0. The van der Waals surface area contributed by atoms with Crippen molar-refractivity contribution >= 4 is 11.3 Å². The standard InChI is InChI=1S/C10H15F3N2S/c1-7(2)14-5-8-6-16-9(15-8)3-4-10(11,12)13/h6-7,14H,3-5H2,1-2H3. The van der Waals surface area contributed by atoms with E-state index in [1.165, 1.54) is 11.3 Å². The van der Waals surface area contributed by atoms with Gasteiger partial charge in [-0.15, -0.1) is 11.3 Å². The summed E-state index contributed by atoms with van der Waals surface area (Å²) < 4.78 is 35.9. The quantitative estimate of drug-likeness (QED) is 0.870. The van der Waals surface area contributed by atoms with Gasteiger partial charge in [0, 0.05) is 30.8 Å². The number of aromatic nitrogens is 1. The van der Waals surface area contributed by atoms with Gasteiger partial charge in [-0.1, -0.05) is 13.8 Å². The van der Waals surface area contributed by atoms with Crippen molar-refractivity contribution in [3.8, 4) is 0 Å². The maximum Gasteiger partial charge on any atom is 0.389 e. The summed E-state index contributed by atoms with van der Waals surface area (Å²) in [5, 5.41) is 5.53. The molecule has 0 saturated carbocycles. The molecule has 1 rings (SSSR count). The van der Waals surface area contributed by atoms with Crippen LogP contribution in [-0.2, 0) is 13.0 Å². The number of halogens is 3. The van der Waals surface area contributed by atoms with Crippen LogP contribution in [0.4, 0.5) is 13.2 Å². The topological polar surface area (TPSA) is 24.9 Å². The molecular formula is C10H15F3N2S. The molecule has 0 saturated heterocycles. The van der Waals surface area contributed by atoms with Crippen LogP contribution in [0.1, 0.15) is 31.0 Å². The van der Waals surface area contributed by atoms with Crippen LogP contribution < -0.4 is 5.32 Å². The minimum atomic E-state index is -4.10. The minimum absolute atomic E-state index is 0.0180. The van der Waals surface area contributed by atoms with Crippen molar-refractivity contribution in [1.82, 2.24) is 10.3 Å². The number of hydrogen-bond donors (Lipinski definition) is 1. The van der Waals surface area contributed by atoms with Gasteiger partial charge in [-0.25, -0.2) is 4.98 Å². The molecule has 0 atom stereocenters. The van der Waals surface area contributed by atoms with E-state index in [-0.39, 0.29) is 6.42 Å². The summed E-state index contributed by atoms with van der Waals surface area (Å²) in [6, 6.07) is 0.348. The van der Waals surface area contributed by atoms with Crippen molar-refractivity contribution < 1.29 is 13.2 Å². The smallest absolute Gasteiger partial charge is 0.309 e. The number of rotatable bonds is 5. The van der Waals surface area contributed by atoms with Gasteiger partial charge in [0.1, 0.15) is 0 Å². The van der Waals surface area contributed by atoms with Gasteiger partial charge in [0.15, 0.2) is 0 Å². The molecule has 1 aromatic rings. The first-order chi connectivity index (χ1) is 7.37. The fourth-order valence-electron chi connectivity index (χ4n) is 1.10. The van der Waals surface area contributed by atoms with Crippen LogP contribution in [-0.4, -0.2) is 17.2 Å². The minimum Gasteiger partial charge on any atom is -0.309 e. The third-order valence-electron chi connectivity index (χ3n) is 1.91. The highest BCUT2D eigenvalue weighted by Gasteiger charge is 2.27. The van der Waals surface area contributed by atoms with Crippen molar-refractivity contribution in [3.05, 3.63) is 16.1 Å². The fourth-order valence-corrected chi connectivity index (χ4v) is 1.90. The molecule has 0 spiro atoms. The van der Waals surface area contributed by atoms with E-state index < -0.39 is 12.6 Å². The summed E-state index contributed by atoms with van der Waals surface area (Å²) in [4.78, 5) is 4.14. The van der Waals surface area contributed by atoms with Gasteiger partial charge in [-0.3, -0.25) is 0 Å². The first kappa shape index (κ1) is 13.4. The number of hydrogen-bond acceptors (Lipinski definition) is 3. The molecule has 0 bridgehead atoms. The maximum atomic E-state index is 12.0. The Balaban J connectivity index is 2.39. The highest BCUT2D eigenvalue weighted by Crippen LogP contribution is 2.23. The second kappa shape index (κ2) is 5.63. The second-order valence-corrected chi connectivity index (χ2v) is 4.83. The zero-order valence-corrected chi connectivity index (χ0v) is 10.1. The summed E-state index contributed by atoms with van der Waals surface area (Å²) in [5.41, 5.74) is 0.816. The van der Waals surface area contributed by atoms with Crippen LogP contribution in [0, 0.1) is 0 Å². The number of alkyl halides is 3. The Hall–Kier alpha value is -0.620. The Morgan fingerprint density at radius 3 is 2.69 bits per heavy atom. The molecule has 92 valence electrons. The van der Waals surface area contributed by atoms with E-state index in [1.54, 1.807) is 5.38 Å². The molecular weight excluding hydrogens is 237 g/mol. The van der Waals surface area contributed by atoms with Crippen molar-refractivity contribution in [2.45, 2.75) is 45.5 Å². The Morgan fingerprint density at radius 1 is 1.44 bits per heavy atom. The number of aryl methyl sites for hydroxylation is 1. The van der Waals surface area contributed by atoms with Crippen LogP contribution in [0.5, 0.6) is 0 Å². The molecule has 0 unspecified atom stereocenters.